The van der Waals surface area contributed by atoms with Crippen LogP contribution in [0.25, 0.3) is 0 Å². The fourth-order valence-corrected chi connectivity index (χ4v) is 2.64. The number of halogens is 1. The summed E-state index contributed by atoms with van der Waals surface area (Å²) in [7, 11) is 0. The van der Waals surface area contributed by atoms with Crippen molar-refractivity contribution in [2.24, 2.45) is 0 Å². The summed E-state index contributed by atoms with van der Waals surface area (Å²) in [6.45, 7) is 2.83. The highest BCUT2D eigenvalue weighted by Gasteiger charge is 2.14. The minimum atomic E-state index is -0.0253. The fourth-order valence-electron chi connectivity index (χ4n) is 2.10. The van der Waals surface area contributed by atoms with Crippen molar-refractivity contribution < 1.29 is 14.3 Å². The van der Waals surface area contributed by atoms with Crippen LogP contribution in [0.15, 0.2) is 24.3 Å². The van der Waals surface area contributed by atoms with E-state index in [0.717, 1.165) is 29.4 Å². The maximum atomic E-state index is 11.9. The van der Waals surface area contributed by atoms with Crippen molar-refractivity contribution in [3.05, 3.63) is 33.4 Å². The Morgan fingerprint density at radius 1 is 1.50 bits per heavy atom. The van der Waals surface area contributed by atoms with Gasteiger partial charge in [0.15, 0.2) is 0 Å². The van der Waals surface area contributed by atoms with Crippen molar-refractivity contribution in [3.8, 4) is 0 Å². The number of nitrogens with one attached hydrogen (secondary N) is 1. The molecule has 1 saturated heterocycles. The Hall–Kier alpha value is -0.660. The molecule has 1 aliphatic rings. The van der Waals surface area contributed by atoms with Crippen molar-refractivity contribution >= 4 is 28.5 Å². The van der Waals surface area contributed by atoms with Gasteiger partial charge in [-0.1, -0.05) is 6.07 Å². The molecule has 20 heavy (non-hydrogen) atoms. The normalized spacial score (nSPS) is 18.1. The van der Waals surface area contributed by atoms with E-state index < -0.39 is 0 Å². The molecule has 0 aromatic heterocycles. The van der Waals surface area contributed by atoms with Gasteiger partial charge in [-0.3, -0.25) is 4.79 Å². The topological polar surface area (TPSA) is 47.6 Å². The average Bonchev–Trinajstić information content (AvgIpc) is 2.95. The second-order valence-corrected chi connectivity index (χ2v) is 6.08. The number of hydrogen-bond donors (Lipinski definition) is 1. The smallest absolute Gasteiger partial charge is 0.251 e. The minimum absolute atomic E-state index is 0.0253. The van der Waals surface area contributed by atoms with Crippen molar-refractivity contribution in [1.29, 1.82) is 0 Å². The highest BCUT2D eigenvalue weighted by molar-refractivity contribution is 14.1. The first-order valence-electron chi connectivity index (χ1n) is 6.99. The molecule has 0 spiro atoms. The van der Waals surface area contributed by atoms with Gasteiger partial charge in [-0.25, -0.2) is 0 Å². The van der Waals surface area contributed by atoms with E-state index in [1.165, 1.54) is 0 Å². The van der Waals surface area contributed by atoms with Crippen LogP contribution in [0.3, 0.4) is 0 Å². The van der Waals surface area contributed by atoms with E-state index in [2.05, 4.69) is 27.9 Å². The van der Waals surface area contributed by atoms with Crippen LogP contribution in [0.4, 0.5) is 0 Å². The molecule has 1 aliphatic heterocycles. The van der Waals surface area contributed by atoms with Crippen LogP contribution in [0, 0.1) is 3.57 Å². The number of carbonyl (C=O) groups excluding carboxylic acids is 1. The molecule has 0 radical (unpaired) electrons. The highest BCUT2D eigenvalue weighted by atomic mass is 127. The molecular formula is C15H20INO3. The van der Waals surface area contributed by atoms with Gasteiger partial charge in [0, 0.05) is 28.9 Å². The van der Waals surface area contributed by atoms with Crippen LogP contribution < -0.4 is 5.32 Å². The molecule has 5 heteroatoms. The van der Waals surface area contributed by atoms with E-state index in [9.17, 15) is 4.79 Å². The summed E-state index contributed by atoms with van der Waals surface area (Å²) in [5.74, 6) is -0.0253. The van der Waals surface area contributed by atoms with Crippen LogP contribution in [0.1, 0.15) is 29.6 Å². The third-order valence-corrected chi connectivity index (χ3v) is 3.84. The summed E-state index contributed by atoms with van der Waals surface area (Å²) in [4.78, 5) is 11.9. The van der Waals surface area contributed by atoms with E-state index in [1.807, 2.05) is 24.3 Å². The summed E-state index contributed by atoms with van der Waals surface area (Å²) in [6, 6.07) is 7.56. The average molecular weight is 389 g/mol. The zero-order valence-electron chi connectivity index (χ0n) is 11.4. The molecule has 0 aliphatic carbocycles. The van der Waals surface area contributed by atoms with Crippen LogP contribution in [-0.2, 0) is 9.47 Å². The van der Waals surface area contributed by atoms with E-state index >= 15 is 0 Å². The number of carbonyl (C=O) groups is 1. The zero-order chi connectivity index (χ0) is 14.2. The molecule has 0 bridgehead atoms. The zero-order valence-corrected chi connectivity index (χ0v) is 13.6. The minimum Gasteiger partial charge on any atom is -0.379 e. The van der Waals surface area contributed by atoms with Gasteiger partial charge in [0.2, 0.25) is 0 Å². The molecule has 110 valence electrons. The molecule has 1 aromatic rings. The molecule has 1 heterocycles. The first-order valence-corrected chi connectivity index (χ1v) is 8.07. The van der Waals surface area contributed by atoms with Gasteiger partial charge in [-0.15, -0.1) is 0 Å². The maximum absolute atomic E-state index is 11.9. The lowest BCUT2D eigenvalue weighted by Crippen LogP contribution is -2.25. The van der Waals surface area contributed by atoms with E-state index in [-0.39, 0.29) is 12.0 Å². The largest absolute Gasteiger partial charge is 0.379 e. The molecule has 1 unspecified atom stereocenters. The van der Waals surface area contributed by atoms with E-state index in [1.54, 1.807) is 0 Å². The van der Waals surface area contributed by atoms with Crippen molar-refractivity contribution in [3.63, 3.8) is 0 Å². The Kier molecular flexibility index (Phi) is 6.75. The standard InChI is InChI=1S/C15H20INO3/c16-13-5-1-4-12(10-13)15(18)17-7-3-8-19-11-14-6-2-9-20-14/h1,4-5,10,14H,2-3,6-9,11H2,(H,17,18). The third kappa shape index (κ3) is 5.38. The Bertz CT molecular complexity index is 433. The molecule has 1 aromatic carbocycles. The van der Waals surface area contributed by atoms with Gasteiger partial charge in [-0.2, -0.15) is 0 Å². The van der Waals surface area contributed by atoms with Crippen LogP contribution in [0.5, 0.6) is 0 Å². The van der Waals surface area contributed by atoms with Crippen molar-refractivity contribution in [2.75, 3.05) is 26.4 Å². The van der Waals surface area contributed by atoms with E-state index in [4.69, 9.17) is 9.47 Å². The first kappa shape index (κ1) is 15.7. The molecule has 4 nitrogen and oxygen atoms in total. The van der Waals surface area contributed by atoms with Crippen LogP contribution >= 0.6 is 22.6 Å². The number of rotatable bonds is 7. The number of amides is 1. The Morgan fingerprint density at radius 2 is 2.40 bits per heavy atom. The van der Waals surface area contributed by atoms with Gasteiger partial charge in [0.05, 0.1) is 12.7 Å². The lowest BCUT2D eigenvalue weighted by molar-refractivity contribution is 0.0166. The van der Waals surface area contributed by atoms with Gasteiger partial charge in [0.1, 0.15) is 0 Å². The predicted molar refractivity (Wildman–Crippen MR) is 85.9 cm³/mol. The van der Waals surface area contributed by atoms with Crippen LogP contribution in [-0.4, -0.2) is 38.4 Å². The lowest BCUT2D eigenvalue weighted by Gasteiger charge is -2.10. The van der Waals surface area contributed by atoms with Gasteiger partial charge < -0.3 is 14.8 Å². The molecule has 1 N–H and O–H groups in total. The summed E-state index contributed by atoms with van der Waals surface area (Å²) >= 11 is 2.20. The number of hydrogen-bond acceptors (Lipinski definition) is 3. The molecule has 2 rings (SSSR count). The van der Waals surface area contributed by atoms with Gasteiger partial charge >= 0.3 is 0 Å². The number of ether oxygens (including phenoxy) is 2. The third-order valence-electron chi connectivity index (χ3n) is 3.17. The molecular weight excluding hydrogens is 369 g/mol. The Balaban J connectivity index is 1.55. The summed E-state index contributed by atoms with van der Waals surface area (Å²) < 4.78 is 12.1. The SMILES string of the molecule is O=C(NCCCOCC1CCCO1)c1cccc(I)c1. The predicted octanol–water partition coefficient (Wildman–Crippen LogP) is 2.61. The monoisotopic (exact) mass is 389 g/mol. The summed E-state index contributed by atoms with van der Waals surface area (Å²) in [6.07, 6.45) is 3.34. The highest BCUT2D eigenvalue weighted by Crippen LogP contribution is 2.11. The van der Waals surface area contributed by atoms with Gasteiger partial charge in [0.25, 0.3) is 5.91 Å². The van der Waals surface area contributed by atoms with Crippen molar-refractivity contribution in [1.82, 2.24) is 5.32 Å². The summed E-state index contributed by atoms with van der Waals surface area (Å²) in [5, 5.41) is 2.90. The Labute approximate surface area is 133 Å². The molecule has 1 amide bonds. The van der Waals surface area contributed by atoms with Crippen LogP contribution in [0.2, 0.25) is 0 Å². The second-order valence-electron chi connectivity index (χ2n) is 4.83. The summed E-state index contributed by atoms with van der Waals surface area (Å²) in [5.41, 5.74) is 0.706. The fraction of sp³-hybridized carbons (Fsp3) is 0.533. The first-order chi connectivity index (χ1) is 9.75. The quantitative estimate of drug-likeness (QED) is 0.576. The maximum Gasteiger partial charge on any atom is 0.251 e. The van der Waals surface area contributed by atoms with Gasteiger partial charge in [-0.05, 0) is 60.1 Å². The molecule has 1 fully saturated rings. The second kappa shape index (κ2) is 8.59. The molecule has 0 saturated carbocycles. The van der Waals surface area contributed by atoms with E-state index in [0.29, 0.717) is 25.3 Å². The lowest BCUT2D eigenvalue weighted by atomic mass is 10.2. The van der Waals surface area contributed by atoms with Crippen molar-refractivity contribution in [2.45, 2.75) is 25.4 Å². The Morgan fingerprint density at radius 3 is 3.15 bits per heavy atom. The molecule has 1 atom stereocenters. The number of benzene rings is 1.